The summed E-state index contributed by atoms with van der Waals surface area (Å²) < 4.78 is 2.12. The molecule has 1 aromatic heterocycles. The van der Waals surface area contributed by atoms with E-state index in [1.54, 1.807) is 0 Å². The van der Waals surface area contributed by atoms with E-state index in [0.717, 1.165) is 30.6 Å². The first kappa shape index (κ1) is 13.9. The van der Waals surface area contributed by atoms with Gasteiger partial charge in [-0.1, -0.05) is 49.1 Å². The fourth-order valence-electron chi connectivity index (χ4n) is 1.99. The summed E-state index contributed by atoms with van der Waals surface area (Å²) in [7, 11) is 0. The number of rotatable bonds is 3. The fraction of sp³-hybridized carbons (Fsp3) is 0.211. The van der Waals surface area contributed by atoms with Crippen molar-refractivity contribution in [2.45, 2.75) is 26.3 Å². The third kappa shape index (κ3) is 3.50. The third-order valence-corrected chi connectivity index (χ3v) is 3.00. The Hall–Kier alpha value is -2.51. The summed E-state index contributed by atoms with van der Waals surface area (Å²) in [6, 6.07) is 14.2. The smallest absolute Gasteiger partial charge is 0.186 e. The van der Waals surface area contributed by atoms with Crippen LogP contribution in [0.25, 0.3) is 0 Å². The Kier molecular flexibility index (Phi) is 4.99. The van der Waals surface area contributed by atoms with E-state index in [1.807, 2.05) is 36.5 Å². The van der Waals surface area contributed by atoms with Crippen molar-refractivity contribution in [3.63, 3.8) is 0 Å². The summed E-state index contributed by atoms with van der Waals surface area (Å²) >= 11 is 0. The molecule has 1 aromatic carbocycles. The average molecular weight is 260 g/mol. The highest BCUT2D eigenvalue weighted by molar-refractivity contribution is 5.42. The zero-order chi connectivity index (χ0) is 14.2. The lowest BCUT2D eigenvalue weighted by Crippen LogP contribution is -2.38. The molecule has 0 radical (unpaired) electrons. The van der Waals surface area contributed by atoms with Gasteiger partial charge in [-0.25, -0.2) is 0 Å². The normalized spacial score (nSPS) is 9.40. The molecule has 0 saturated carbocycles. The van der Waals surface area contributed by atoms with Gasteiger partial charge in [-0.2, -0.15) is 4.57 Å². The fourth-order valence-corrected chi connectivity index (χ4v) is 1.99. The molecule has 20 heavy (non-hydrogen) atoms. The molecule has 0 bridgehead atoms. The van der Waals surface area contributed by atoms with E-state index < -0.39 is 0 Å². The molecule has 0 saturated heterocycles. The van der Waals surface area contributed by atoms with Crippen LogP contribution in [0.4, 0.5) is 0 Å². The summed E-state index contributed by atoms with van der Waals surface area (Å²) in [4.78, 5) is 0. The van der Waals surface area contributed by atoms with E-state index in [2.05, 4.69) is 41.4 Å². The van der Waals surface area contributed by atoms with Crippen LogP contribution < -0.4 is 4.57 Å². The lowest BCUT2D eigenvalue weighted by atomic mass is 10.1. The highest BCUT2D eigenvalue weighted by Gasteiger charge is 2.12. The Morgan fingerprint density at radius 1 is 1.10 bits per heavy atom. The molecule has 1 nitrogen and oxygen atoms in total. The summed E-state index contributed by atoms with van der Waals surface area (Å²) in [5.41, 5.74) is 3.02. The number of benzene rings is 1. The first-order valence-electron chi connectivity index (χ1n) is 6.87. The number of aromatic nitrogens is 1. The van der Waals surface area contributed by atoms with E-state index in [4.69, 9.17) is 6.42 Å². The Morgan fingerprint density at radius 2 is 1.90 bits per heavy atom. The largest absolute Gasteiger partial charge is 0.272 e. The number of hydrogen-bond acceptors (Lipinski definition) is 0. The molecule has 0 atom stereocenters. The van der Waals surface area contributed by atoms with E-state index in [1.165, 1.54) is 5.56 Å². The molecule has 1 heteroatoms. The number of nitrogens with zero attached hydrogens (tertiary/aromatic N) is 1. The number of pyridine rings is 1. The van der Waals surface area contributed by atoms with Crippen molar-refractivity contribution in [3.05, 3.63) is 65.5 Å². The third-order valence-electron chi connectivity index (χ3n) is 3.00. The van der Waals surface area contributed by atoms with Crippen LogP contribution in [-0.4, -0.2) is 0 Å². The molecule has 1 heterocycles. The molecule has 0 aliphatic heterocycles. The van der Waals surface area contributed by atoms with Gasteiger partial charge >= 0.3 is 0 Å². The van der Waals surface area contributed by atoms with Crippen LogP contribution in [0.1, 0.15) is 36.6 Å². The predicted octanol–water partition coefficient (Wildman–Crippen LogP) is 3.16. The Morgan fingerprint density at radius 3 is 2.60 bits per heavy atom. The van der Waals surface area contributed by atoms with Crippen LogP contribution in [0, 0.1) is 24.2 Å². The molecule has 0 unspecified atom stereocenters. The number of unbranched alkanes of at least 4 members (excludes halogenated alkanes) is 1. The van der Waals surface area contributed by atoms with Gasteiger partial charge in [0, 0.05) is 24.0 Å². The Balaban J connectivity index is 2.38. The summed E-state index contributed by atoms with van der Waals surface area (Å²) in [5, 5.41) is 0. The minimum absolute atomic E-state index is 0.784. The SMILES string of the molecule is C#Cc1ccc[n+](Cc2ccccc2)c1C#CCCC. The summed E-state index contributed by atoms with van der Waals surface area (Å²) in [6.45, 7) is 2.91. The standard InChI is InChI=1S/C19H18N/c1-3-5-7-14-19-18(4-2)13-10-15-20(19)16-17-11-8-6-9-12-17/h2,6,8-13,15H,3,5,16H2,1H3/q+1. The van der Waals surface area contributed by atoms with Crippen molar-refractivity contribution in [3.8, 4) is 24.2 Å². The van der Waals surface area contributed by atoms with Crippen LogP contribution in [0.2, 0.25) is 0 Å². The van der Waals surface area contributed by atoms with Crippen molar-refractivity contribution >= 4 is 0 Å². The first-order valence-corrected chi connectivity index (χ1v) is 6.87. The predicted molar refractivity (Wildman–Crippen MR) is 81.9 cm³/mol. The van der Waals surface area contributed by atoms with Crippen LogP contribution in [0.15, 0.2) is 48.7 Å². The monoisotopic (exact) mass is 260 g/mol. The lowest BCUT2D eigenvalue weighted by molar-refractivity contribution is -0.690. The zero-order valence-corrected chi connectivity index (χ0v) is 11.8. The van der Waals surface area contributed by atoms with Crippen LogP contribution in [0.3, 0.4) is 0 Å². The van der Waals surface area contributed by atoms with Crippen molar-refractivity contribution in [1.29, 1.82) is 0 Å². The maximum absolute atomic E-state index is 5.59. The van der Waals surface area contributed by atoms with Gasteiger partial charge in [0.2, 0.25) is 0 Å². The first-order chi connectivity index (χ1) is 9.85. The van der Waals surface area contributed by atoms with Crippen molar-refractivity contribution in [2.75, 3.05) is 0 Å². The van der Waals surface area contributed by atoms with Gasteiger partial charge in [0.25, 0.3) is 5.69 Å². The molecule has 0 aliphatic rings. The quantitative estimate of drug-likeness (QED) is 0.589. The van der Waals surface area contributed by atoms with Crippen LogP contribution in [-0.2, 0) is 6.54 Å². The van der Waals surface area contributed by atoms with E-state index >= 15 is 0 Å². The molecule has 0 aliphatic carbocycles. The average Bonchev–Trinajstić information content (AvgIpc) is 2.50. The topological polar surface area (TPSA) is 3.88 Å². The van der Waals surface area contributed by atoms with E-state index in [-0.39, 0.29) is 0 Å². The van der Waals surface area contributed by atoms with E-state index in [0.29, 0.717) is 0 Å². The molecule has 2 rings (SSSR count). The highest BCUT2D eigenvalue weighted by atomic mass is 14.9. The molecule has 2 aromatic rings. The van der Waals surface area contributed by atoms with Crippen LogP contribution >= 0.6 is 0 Å². The van der Waals surface area contributed by atoms with Gasteiger partial charge in [-0.3, -0.25) is 0 Å². The molecule has 0 spiro atoms. The summed E-state index contributed by atoms with van der Waals surface area (Å²) in [6.07, 6.45) is 9.57. The Bertz CT molecular complexity index is 666. The van der Waals surface area contributed by atoms with Crippen LogP contribution in [0.5, 0.6) is 0 Å². The minimum Gasteiger partial charge on any atom is -0.186 e. The van der Waals surface area contributed by atoms with Gasteiger partial charge in [-0.15, -0.1) is 6.42 Å². The molecule has 0 amide bonds. The van der Waals surface area contributed by atoms with Crippen molar-refractivity contribution < 1.29 is 4.57 Å². The lowest BCUT2D eigenvalue weighted by Gasteiger charge is -2.01. The maximum atomic E-state index is 5.59. The van der Waals surface area contributed by atoms with Gasteiger partial charge in [0.1, 0.15) is 5.56 Å². The minimum atomic E-state index is 0.784. The van der Waals surface area contributed by atoms with Crippen molar-refractivity contribution in [2.24, 2.45) is 0 Å². The molecule has 0 fully saturated rings. The molecular weight excluding hydrogens is 242 g/mol. The van der Waals surface area contributed by atoms with Crippen molar-refractivity contribution in [1.82, 2.24) is 0 Å². The summed E-state index contributed by atoms with van der Waals surface area (Å²) in [5.74, 6) is 9.14. The highest BCUT2D eigenvalue weighted by Crippen LogP contribution is 2.04. The van der Waals surface area contributed by atoms with Gasteiger partial charge in [0.15, 0.2) is 12.7 Å². The van der Waals surface area contributed by atoms with E-state index in [9.17, 15) is 0 Å². The number of hydrogen-bond donors (Lipinski definition) is 0. The molecule has 0 N–H and O–H groups in total. The second kappa shape index (κ2) is 7.17. The molecular formula is C19H18N+. The van der Waals surface area contributed by atoms with Gasteiger partial charge in [0.05, 0.1) is 0 Å². The number of terminal acetylenes is 1. The van der Waals surface area contributed by atoms with Gasteiger partial charge in [-0.05, 0) is 12.5 Å². The molecule has 98 valence electrons. The maximum Gasteiger partial charge on any atom is 0.272 e. The zero-order valence-electron chi connectivity index (χ0n) is 11.8. The second-order valence-corrected chi connectivity index (χ2v) is 4.58. The second-order valence-electron chi connectivity index (χ2n) is 4.58. The Labute approximate surface area is 121 Å². The van der Waals surface area contributed by atoms with Gasteiger partial charge < -0.3 is 0 Å².